The van der Waals surface area contributed by atoms with Crippen LogP contribution in [0.1, 0.15) is 100 Å². The van der Waals surface area contributed by atoms with E-state index in [-0.39, 0.29) is 12.5 Å². The number of rotatable bonds is 17. The molecule has 5 rings (SSSR count). The molecule has 1 aliphatic heterocycles. The van der Waals surface area contributed by atoms with Gasteiger partial charge in [0.05, 0.1) is 46.7 Å². The summed E-state index contributed by atoms with van der Waals surface area (Å²) in [6.07, 6.45) is 8.21. The third-order valence-corrected chi connectivity index (χ3v) is 11.5. The minimum absolute atomic E-state index is 0.0857. The second kappa shape index (κ2) is 34.3. The molecule has 1 aliphatic rings. The Morgan fingerprint density at radius 3 is 1.92 bits per heavy atom. The Bertz CT molecular complexity index is 2640. The van der Waals surface area contributed by atoms with Gasteiger partial charge in [0.15, 0.2) is 0 Å². The summed E-state index contributed by atoms with van der Waals surface area (Å²) >= 11 is 0. The molecule has 0 aromatic heterocycles. The minimum atomic E-state index is -1.28. The maximum atomic E-state index is 13.8. The lowest BCUT2D eigenvalue weighted by Crippen LogP contribution is -2.50. The SMILES string of the molecule is C=C.C=C/C=C(\C)O.CCCCNC(=O)OC(C)(C)C.CCCCc1ccc(-c2ccc(C(=O)NCC(=O)NCC(=O)N(C)C3C(=O)NCC(=O)NC(C(=O)OC)Cc4ccc(OC)c(c4)-c4cc3ccc4OC)cc2)cc1. The lowest BCUT2D eigenvalue weighted by molar-refractivity contribution is -0.145. The zero-order valence-corrected chi connectivity index (χ0v) is 47.0. The average Bonchev–Trinajstić information content (AvgIpc) is 3.42. The van der Waals surface area contributed by atoms with E-state index < -0.39 is 72.8 Å². The minimum Gasteiger partial charge on any atom is -0.513 e. The van der Waals surface area contributed by atoms with Gasteiger partial charge in [-0.15, -0.1) is 13.2 Å². The van der Waals surface area contributed by atoms with E-state index in [1.807, 2.05) is 32.9 Å². The summed E-state index contributed by atoms with van der Waals surface area (Å²) in [6, 6.07) is 23.3. The maximum absolute atomic E-state index is 13.8. The number of benzene rings is 4. The van der Waals surface area contributed by atoms with E-state index in [0.717, 1.165) is 48.1 Å². The maximum Gasteiger partial charge on any atom is 0.407 e. The number of likely N-dealkylation sites (N-methyl/N-ethyl adjacent to an activating group) is 1. The number of aliphatic hydroxyl groups excluding tert-OH is 1. The smallest absolute Gasteiger partial charge is 0.407 e. The number of esters is 1. The number of amides is 6. The third kappa shape index (κ3) is 22.4. The van der Waals surface area contributed by atoms with E-state index in [1.165, 1.54) is 46.1 Å². The van der Waals surface area contributed by atoms with Crippen LogP contribution in [-0.4, -0.2) is 118 Å². The molecule has 6 N–H and O–H groups in total. The van der Waals surface area contributed by atoms with E-state index in [9.17, 15) is 33.6 Å². The lowest BCUT2D eigenvalue weighted by atomic mass is 9.94. The number of allylic oxidation sites excluding steroid dienone is 3. The van der Waals surface area contributed by atoms with Crippen LogP contribution in [0.25, 0.3) is 22.3 Å². The number of carbonyl (C=O) groups excluding carboxylic acids is 7. The van der Waals surface area contributed by atoms with Crippen molar-refractivity contribution in [2.45, 2.75) is 97.8 Å². The number of nitrogens with one attached hydrogen (secondary N) is 5. The molecular formula is C60H80N6O12. The Morgan fingerprint density at radius 2 is 1.38 bits per heavy atom. The number of fused-ring (bicyclic) bond motifs is 5. The Balaban J connectivity index is 0.000000882. The van der Waals surface area contributed by atoms with Crippen molar-refractivity contribution < 1.29 is 57.6 Å². The number of aryl methyl sites for hydroxylation is 1. The third-order valence-electron chi connectivity index (χ3n) is 11.5. The molecule has 0 fully saturated rings. The molecule has 4 aromatic rings. The second-order valence-electron chi connectivity index (χ2n) is 18.6. The van der Waals surface area contributed by atoms with Gasteiger partial charge in [0.1, 0.15) is 29.2 Å². The predicted molar refractivity (Wildman–Crippen MR) is 304 cm³/mol. The quantitative estimate of drug-likeness (QED) is 0.0192. The van der Waals surface area contributed by atoms with Gasteiger partial charge < -0.3 is 55.5 Å². The van der Waals surface area contributed by atoms with Crippen molar-refractivity contribution in [3.63, 3.8) is 0 Å². The molecule has 0 spiro atoms. The van der Waals surface area contributed by atoms with Gasteiger partial charge in [-0.3, -0.25) is 24.0 Å². The Kier molecular flexibility index (Phi) is 28.9. The molecule has 4 aromatic carbocycles. The number of unbranched alkanes of at least 4 members (excludes halogenated alkanes) is 2. The molecule has 2 atom stereocenters. The summed E-state index contributed by atoms with van der Waals surface area (Å²) in [5.41, 5.74) is 5.38. The van der Waals surface area contributed by atoms with Crippen LogP contribution >= 0.6 is 0 Å². The highest BCUT2D eigenvalue weighted by molar-refractivity contribution is 5.98. The lowest BCUT2D eigenvalue weighted by Gasteiger charge is -2.29. The summed E-state index contributed by atoms with van der Waals surface area (Å²) in [4.78, 5) is 90.9. The van der Waals surface area contributed by atoms with Gasteiger partial charge in [-0.2, -0.15) is 0 Å². The molecule has 2 unspecified atom stereocenters. The molecule has 1 heterocycles. The number of hydrogen-bond donors (Lipinski definition) is 6. The summed E-state index contributed by atoms with van der Waals surface area (Å²) < 4.78 is 21.3. The number of alkyl carbamates (subject to hydrolysis) is 1. The van der Waals surface area contributed by atoms with Gasteiger partial charge >= 0.3 is 12.1 Å². The van der Waals surface area contributed by atoms with Crippen LogP contribution < -0.4 is 36.1 Å². The molecule has 0 aliphatic carbocycles. The van der Waals surface area contributed by atoms with Crippen LogP contribution in [0.2, 0.25) is 0 Å². The van der Waals surface area contributed by atoms with Crippen molar-refractivity contribution in [2.75, 3.05) is 54.6 Å². The fourth-order valence-electron chi connectivity index (χ4n) is 7.51. The van der Waals surface area contributed by atoms with E-state index in [2.05, 4.69) is 84.4 Å². The molecule has 18 heteroatoms. The normalized spacial score (nSPS) is 13.8. The Labute approximate surface area is 460 Å². The molecule has 422 valence electrons. The molecule has 0 saturated heterocycles. The van der Waals surface area contributed by atoms with Gasteiger partial charge in [-0.05, 0) is 117 Å². The topological polar surface area (TPSA) is 240 Å². The molecular weight excluding hydrogens is 997 g/mol. The van der Waals surface area contributed by atoms with Gasteiger partial charge in [0.2, 0.25) is 23.6 Å². The summed E-state index contributed by atoms with van der Waals surface area (Å²) in [5, 5.41) is 21.3. The van der Waals surface area contributed by atoms with Crippen LogP contribution in [-0.2, 0) is 46.3 Å². The molecule has 4 bridgehead atoms. The fraction of sp³-hybridized carbons (Fsp3) is 0.383. The van der Waals surface area contributed by atoms with E-state index in [0.29, 0.717) is 51.6 Å². The van der Waals surface area contributed by atoms with E-state index >= 15 is 0 Å². The van der Waals surface area contributed by atoms with Gasteiger partial charge in [0.25, 0.3) is 5.91 Å². The number of methoxy groups -OCH3 is 3. The highest BCUT2D eigenvalue weighted by atomic mass is 16.6. The molecule has 6 amide bonds. The number of aliphatic hydroxyl groups is 1. The van der Waals surface area contributed by atoms with Crippen LogP contribution in [0.5, 0.6) is 11.5 Å². The van der Waals surface area contributed by atoms with Gasteiger partial charge in [-0.25, -0.2) is 9.59 Å². The molecule has 0 saturated carbocycles. The summed E-state index contributed by atoms with van der Waals surface area (Å²) in [6.45, 7) is 20.1. The highest BCUT2D eigenvalue weighted by Gasteiger charge is 2.32. The first-order valence-corrected chi connectivity index (χ1v) is 25.6. The Morgan fingerprint density at radius 1 is 0.795 bits per heavy atom. The second-order valence-corrected chi connectivity index (χ2v) is 18.6. The van der Waals surface area contributed by atoms with E-state index in [1.54, 1.807) is 55.5 Å². The first-order chi connectivity index (χ1) is 37.2. The predicted octanol–water partition coefficient (Wildman–Crippen LogP) is 8.50. The molecule has 78 heavy (non-hydrogen) atoms. The fourth-order valence-corrected chi connectivity index (χ4v) is 7.51. The van der Waals surface area contributed by atoms with Crippen LogP contribution in [0, 0.1) is 0 Å². The van der Waals surface area contributed by atoms with Crippen molar-refractivity contribution in [3.05, 3.63) is 145 Å². The summed E-state index contributed by atoms with van der Waals surface area (Å²) in [5.74, 6) is -2.56. The standard InChI is InChI=1S/C44H49N5O9.C9H19NO2.C5H8O.C2H4/c1-6-7-8-27-9-12-29(13-10-27)30-14-16-31(17-15-30)42(53)46-24-38(50)45-26-40(52)49(2)41-32-18-20-37(57-4)34(23-32)33-21-28(11-19-36(33)56-3)22-35(44(55)58-5)48-39(51)25-47-43(41)54;1-5-6-7-10-8(11)12-9(2,3)4;1-3-4-5(2)6;1-2/h9-21,23,35,41H,6-8,22,24-26H2,1-5H3,(H,45,50)(H,46,53)(H,47,54)(H,48,51);5-7H2,1-4H3,(H,10,11);3-4,6H,1H2,2H3;1-2H2/b;;5-4+;. The Hall–Kier alpha value is -8.41. The first-order valence-electron chi connectivity index (χ1n) is 25.6. The van der Waals surface area contributed by atoms with Crippen LogP contribution in [0.4, 0.5) is 4.79 Å². The number of carbonyl (C=O) groups is 7. The zero-order chi connectivity index (χ0) is 58.4. The van der Waals surface area contributed by atoms with Crippen molar-refractivity contribution in [3.8, 4) is 33.8 Å². The number of ether oxygens (including phenoxy) is 4. The van der Waals surface area contributed by atoms with Crippen molar-refractivity contribution in [1.29, 1.82) is 0 Å². The van der Waals surface area contributed by atoms with Gasteiger partial charge in [-0.1, -0.05) is 87.9 Å². The largest absolute Gasteiger partial charge is 0.513 e. The van der Waals surface area contributed by atoms with Crippen molar-refractivity contribution >= 4 is 41.6 Å². The van der Waals surface area contributed by atoms with E-state index in [4.69, 9.17) is 24.1 Å². The van der Waals surface area contributed by atoms with Crippen molar-refractivity contribution in [1.82, 2.24) is 31.5 Å². The van der Waals surface area contributed by atoms with Crippen LogP contribution in [0.3, 0.4) is 0 Å². The highest BCUT2D eigenvalue weighted by Crippen LogP contribution is 2.39. The number of hydrogen-bond acceptors (Lipinski definition) is 12. The monoisotopic (exact) mass is 1080 g/mol. The average molecular weight is 1080 g/mol. The zero-order valence-electron chi connectivity index (χ0n) is 47.0. The number of nitrogens with zero attached hydrogens (tertiary/aromatic N) is 1. The van der Waals surface area contributed by atoms with Crippen molar-refractivity contribution in [2.24, 2.45) is 0 Å². The molecule has 18 nitrogen and oxygen atoms in total. The molecule has 0 radical (unpaired) electrons. The first kappa shape index (κ1) is 65.7. The summed E-state index contributed by atoms with van der Waals surface area (Å²) in [7, 11) is 5.60. The van der Waals surface area contributed by atoms with Crippen LogP contribution in [0.15, 0.2) is 123 Å². The van der Waals surface area contributed by atoms with Gasteiger partial charge in [0, 0.05) is 36.7 Å².